The van der Waals surface area contributed by atoms with Crippen molar-refractivity contribution < 1.29 is 22.7 Å². The number of hydrogen-bond acceptors (Lipinski definition) is 3. The van der Waals surface area contributed by atoms with Gasteiger partial charge in [-0.1, -0.05) is 18.2 Å². The summed E-state index contributed by atoms with van der Waals surface area (Å²) < 4.78 is 40.6. The van der Waals surface area contributed by atoms with Crippen LogP contribution in [0.1, 0.15) is 9.67 Å². The highest BCUT2D eigenvalue weighted by atomic mass is 32.1. The van der Waals surface area contributed by atoms with Gasteiger partial charge in [-0.2, -0.15) is 13.2 Å². The summed E-state index contributed by atoms with van der Waals surface area (Å²) in [6, 6.07) is 8.69. The molecular weight excluding hydrogens is 253 g/mol. The van der Waals surface area contributed by atoms with Crippen molar-refractivity contribution in [3.8, 4) is 0 Å². The molecule has 1 aromatic carbocycles. The van der Waals surface area contributed by atoms with E-state index < -0.39 is 18.8 Å². The number of fused-ring (bicyclic) bond motifs is 1. The van der Waals surface area contributed by atoms with E-state index in [9.17, 15) is 18.0 Å². The third-order valence-corrected chi connectivity index (χ3v) is 3.09. The summed E-state index contributed by atoms with van der Waals surface area (Å²) in [4.78, 5) is 11.5. The Morgan fingerprint density at radius 1 is 1.29 bits per heavy atom. The van der Waals surface area contributed by atoms with Crippen LogP contribution in [0.15, 0.2) is 30.3 Å². The molecule has 0 spiro atoms. The van der Waals surface area contributed by atoms with Crippen LogP contribution in [0.3, 0.4) is 0 Å². The summed E-state index contributed by atoms with van der Waals surface area (Å²) in [5, 5.41) is 0.816. The highest BCUT2D eigenvalue weighted by Crippen LogP contribution is 2.26. The summed E-state index contributed by atoms with van der Waals surface area (Å²) in [7, 11) is 0. The summed E-state index contributed by atoms with van der Waals surface area (Å²) in [6.07, 6.45) is -4.49. The van der Waals surface area contributed by atoms with Crippen LogP contribution >= 0.6 is 11.3 Å². The number of hydrogen-bond donors (Lipinski definition) is 0. The van der Waals surface area contributed by atoms with Crippen LogP contribution in [0, 0.1) is 0 Å². The molecule has 0 radical (unpaired) electrons. The molecule has 0 bridgehead atoms. The lowest BCUT2D eigenvalue weighted by Crippen LogP contribution is -2.19. The van der Waals surface area contributed by atoms with Crippen molar-refractivity contribution >= 4 is 27.4 Å². The van der Waals surface area contributed by atoms with E-state index in [0.717, 1.165) is 21.4 Å². The number of halogens is 3. The molecule has 0 atom stereocenters. The van der Waals surface area contributed by atoms with Gasteiger partial charge in [-0.3, -0.25) is 0 Å². The largest absolute Gasteiger partial charge is 0.452 e. The molecule has 6 heteroatoms. The van der Waals surface area contributed by atoms with Crippen molar-refractivity contribution in [2.24, 2.45) is 0 Å². The van der Waals surface area contributed by atoms with Gasteiger partial charge in [0, 0.05) is 4.70 Å². The van der Waals surface area contributed by atoms with Crippen molar-refractivity contribution in [2.45, 2.75) is 6.18 Å². The van der Waals surface area contributed by atoms with E-state index in [1.54, 1.807) is 24.3 Å². The molecule has 0 fully saturated rings. The van der Waals surface area contributed by atoms with Crippen LogP contribution in [0.4, 0.5) is 13.2 Å². The first-order valence-electron chi connectivity index (χ1n) is 4.68. The zero-order valence-electron chi connectivity index (χ0n) is 8.45. The maximum absolute atomic E-state index is 11.9. The normalized spacial score (nSPS) is 11.7. The lowest BCUT2D eigenvalue weighted by molar-refractivity contribution is -0.161. The zero-order valence-corrected chi connectivity index (χ0v) is 9.27. The lowest BCUT2D eigenvalue weighted by Gasteiger charge is -2.05. The Balaban J connectivity index is 2.14. The van der Waals surface area contributed by atoms with Crippen LogP contribution in [-0.4, -0.2) is 18.8 Å². The minimum absolute atomic E-state index is 0.176. The minimum atomic E-state index is -4.49. The Bertz CT molecular complexity index is 512. The van der Waals surface area contributed by atoms with Gasteiger partial charge in [0.2, 0.25) is 0 Å². The van der Waals surface area contributed by atoms with Crippen molar-refractivity contribution in [1.82, 2.24) is 0 Å². The predicted octanol–water partition coefficient (Wildman–Crippen LogP) is 3.62. The highest BCUT2D eigenvalue weighted by molar-refractivity contribution is 7.20. The average molecular weight is 260 g/mol. The van der Waals surface area contributed by atoms with E-state index in [4.69, 9.17) is 0 Å². The van der Waals surface area contributed by atoms with Gasteiger partial charge in [0.15, 0.2) is 6.61 Å². The third kappa shape index (κ3) is 2.97. The Kier molecular flexibility index (Phi) is 3.06. The van der Waals surface area contributed by atoms with Crippen LogP contribution < -0.4 is 0 Å². The number of alkyl halides is 3. The fraction of sp³-hybridized carbons (Fsp3) is 0.182. The molecule has 17 heavy (non-hydrogen) atoms. The molecule has 0 aliphatic carbocycles. The minimum Gasteiger partial charge on any atom is -0.452 e. The Labute approximate surface area is 98.6 Å². The van der Waals surface area contributed by atoms with Crippen LogP contribution in [0.2, 0.25) is 0 Å². The highest BCUT2D eigenvalue weighted by Gasteiger charge is 2.30. The van der Waals surface area contributed by atoms with Gasteiger partial charge in [0.05, 0.1) is 0 Å². The van der Waals surface area contributed by atoms with Gasteiger partial charge < -0.3 is 4.74 Å². The van der Waals surface area contributed by atoms with Gasteiger partial charge in [0.1, 0.15) is 4.88 Å². The smallest absolute Gasteiger partial charge is 0.422 e. The van der Waals surface area contributed by atoms with E-state index in [0.29, 0.717) is 0 Å². The van der Waals surface area contributed by atoms with Crippen molar-refractivity contribution in [3.05, 3.63) is 35.2 Å². The van der Waals surface area contributed by atoms with Crippen LogP contribution in [0.5, 0.6) is 0 Å². The topological polar surface area (TPSA) is 26.3 Å². The summed E-state index contributed by atoms with van der Waals surface area (Å²) in [5.41, 5.74) is 0. The van der Waals surface area contributed by atoms with Crippen molar-refractivity contribution in [2.75, 3.05) is 6.61 Å². The Morgan fingerprint density at radius 3 is 2.65 bits per heavy atom. The zero-order chi connectivity index (χ0) is 12.5. The van der Waals surface area contributed by atoms with Gasteiger partial charge in [0.25, 0.3) is 0 Å². The monoisotopic (exact) mass is 260 g/mol. The molecule has 1 heterocycles. The maximum atomic E-state index is 11.9. The second kappa shape index (κ2) is 4.37. The first-order chi connectivity index (χ1) is 7.96. The summed E-state index contributed by atoms with van der Waals surface area (Å²) >= 11 is 1.11. The molecular formula is C11H7F3O2S. The van der Waals surface area contributed by atoms with Gasteiger partial charge in [-0.05, 0) is 17.5 Å². The van der Waals surface area contributed by atoms with Crippen molar-refractivity contribution in [3.63, 3.8) is 0 Å². The molecule has 0 aliphatic rings. The molecule has 1 aromatic heterocycles. The fourth-order valence-corrected chi connectivity index (χ4v) is 2.26. The molecule has 0 N–H and O–H groups in total. The average Bonchev–Trinajstić information content (AvgIpc) is 2.68. The molecule has 0 amide bonds. The number of ether oxygens (including phenoxy) is 1. The van der Waals surface area contributed by atoms with E-state index in [-0.39, 0.29) is 4.88 Å². The number of carbonyl (C=O) groups is 1. The second-order valence-corrected chi connectivity index (χ2v) is 4.42. The van der Waals surface area contributed by atoms with E-state index >= 15 is 0 Å². The molecule has 0 saturated carbocycles. The number of thiophene rings is 1. The molecule has 2 rings (SSSR count). The predicted molar refractivity (Wildman–Crippen MR) is 58.2 cm³/mol. The van der Waals surface area contributed by atoms with E-state index in [2.05, 4.69) is 4.74 Å². The standard InChI is InChI=1S/C11H7F3O2S/c12-11(13,14)6-16-10(15)9-5-7-3-1-2-4-8(7)17-9/h1-5H,6H2. The number of rotatable bonds is 2. The van der Waals surface area contributed by atoms with E-state index in [1.807, 2.05) is 0 Å². The molecule has 0 unspecified atom stereocenters. The number of esters is 1. The summed E-state index contributed by atoms with van der Waals surface area (Å²) in [5.74, 6) is -0.941. The summed E-state index contributed by atoms with van der Waals surface area (Å²) in [6.45, 7) is -1.56. The molecule has 2 nitrogen and oxygen atoms in total. The Morgan fingerprint density at radius 2 is 2.00 bits per heavy atom. The third-order valence-electron chi connectivity index (χ3n) is 1.99. The first-order valence-corrected chi connectivity index (χ1v) is 5.50. The maximum Gasteiger partial charge on any atom is 0.422 e. The van der Waals surface area contributed by atoms with Crippen molar-refractivity contribution in [1.29, 1.82) is 0 Å². The molecule has 0 saturated heterocycles. The number of benzene rings is 1. The van der Waals surface area contributed by atoms with Gasteiger partial charge >= 0.3 is 12.1 Å². The number of carbonyl (C=O) groups excluding carboxylic acids is 1. The fourth-order valence-electron chi connectivity index (χ4n) is 1.30. The van der Waals surface area contributed by atoms with Gasteiger partial charge in [-0.25, -0.2) is 4.79 Å². The SMILES string of the molecule is O=C(OCC(F)(F)F)c1cc2ccccc2s1. The van der Waals surface area contributed by atoms with Crippen LogP contribution in [-0.2, 0) is 4.74 Å². The van der Waals surface area contributed by atoms with Crippen LogP contribution in [0.25, 0.3) is 10.1 Å². The first kappa shape index (κ1) is 11.9. The molecule has 90 valence electrons. The van der Waals surface area contributed by atoms with Gasteiger partial charge in [-0.15, -0.1) is 11.3 Å². The lowest BCUT2D eigenvalue weighted by atomic mass is 10.2. The second-order valence-electron chi connectivity index (χ2n) is 3.34. The Hall–Kier alpha value is -1.56. The van der Waals surface area contributed by atoms with E-state index in [1.165, 1.54) is 6.07 Å². The quantitative estimate of drug-likeness (QED) is 0.771. The molecule has 2 aromatic rings. The molecule has 0 aliphatic heterocycles.